The second-order valence-electron chi connectivity index (χ2n) is 4.05. The molecule has 1 aromatic carbocycles. The van der Waals surface area contributed by atoms with Crippen molar-refractivity contribution >= 4 is 21.8 Å². The lowest BCUT2D eigenvalue weighted by atomic mass is 10.1. The molecule has 0 spiro atoms. The summed E-state index contributed by atoms with van der Waals surface area (Å²) in [6.07, 6.45) is 1.66. The molecule has 0 saturated heterocycles. The van der Waals surface area contributed by atoms with Gasteiger partial charge in [-0.2, -0.15) is 0 Å². The smallest absolute Gasteiger partial charge is 0.251 e. The molecule has 0 atom stereocenters. The molecule has 0 fully saturated rings. The fourth-order valence-electron chi connectivity index (χ4n) is 1.69. The average molecular weight is 323 g/mol. The van der Waals surface area contributed by atoms with Crippen LogP contribution in [0.3, 0.4) is 0 Å². The maximum Gasteiger partial charge on any atom is 0.251 e. The molecule has 6 heteroatoms. The third-order valence-corrected chi connectivity index (χ3v) is 3.46. The Labute approximate surface area is 120 Å². The number of rotatable bonds is 5. The number of amides is 1. The predicted octanol–water partition coefficient (Wildman–Crippen LogP) is 2.12. The Kier molecular flexibility index (Phi) is 4.68. The molecule has 0 aliphatic carbocycles. The summed E-state index contributed by atoms with van der Waals surface area (Å²) in [4.78, 5) is 12.0. The zero-order valence-electron chi connectivity index (χ0n) is 10.6. The van der Waals surface area contributed by atoms with Gasteiger partial charge in [-0.15, -0.1) is 10.2 Å². The topological polar surface area (TPSA) is 59.8 Å². The molecule has 19 heavy (non-hydrogen) atoms. The van der Waals surface area contributed by atoms with E-state index in [4.69, 9.17) is 0 Å². The van der Waals surface area contributed by atoms with Crippen molar-refractivity contribution in [2.45, 2.75) is 25.3 Å². The first-order valence-corrected chi connectivity index (χ1v) is 7.16. The Morgan fingerprint density at radius 3 is 2.74 bits per heavy atom. The van der Waals surface area contributed by atoms with Crippen LogP contribution in [0.2, 0.25) is 0 Å². The van der Waals surface area contributed by atoms with Crippen molar-refractivity contribution in [1.29, 1.82) is 0 Å². The molecular formula is C13H15BrN4O. The molecule has 1 aromatic heterocycles. The Bertz CT molecular complexity index is 550. The van der Waals surface area contributed by atoms with E-state index in [0.717, 1.165) is 23.3 Å². The van der Waals surface area contributed by atoms with Gasteiger partial charge < -0.3 is 9.88 Å². The molecule has 2 rings (SSSR count). The van der Waals surface area contributed by atoms with Crippen molar-refractivity contribution in [3.8, 4) is 0 Å². The van der Waals surface area contributed by atoms with Crippen molar-refractivity contribution < 1.29 is 4.79 Å². The highest BCUT2D eigenvalue weighted by Crippen LogP contribution is 2.08. The summed E-state index contributed by atoms with van der Waals surface area (Å²) in [6, 6.07) is 7.49. The number of aryl methyl sites for hydroxylation is 1. The number of carbonyl (C=O) groups excluding carboxylic acids is 1. The Morgan fingerprint density at radius 2 is 2.11 bits per heavy atom. The molecule has 100 valence electrons. The standard InChI is InChI=1S/C13H15BrN4O/c1-2-18-9-16-17-12(18)8-15-13(19)11-5-3-10(7-14)4-6-11/h3-6,9H,2,7-8H2,1H3,(H,15,19). The van der Waals surface area contributed by atoms with Gasteiger partial charge in [0.2, 0.25) is 0 Å². The SMILES string of the molecule is CCn1cnnc1CNC(=O)c1ccc(CBr)cc1. The van der Waals surface area contributed by atoms with E-state index in [9.17, 15) is 4.79 Å². The zero-order chi connectivity index (χ0) is 13.7. The first-order chi connectivity index (χ1) is 9.24. The molecule has 1 heterocycles. The monoisotopic (exact) mass is 322 g/mol. The highest BCUT2D eigenvalue weighted by molar-refractivity contribution is 9.08. The van der Waals surface area contributed by atoms with Crippen LogP contribution in [0.1, 0.15) is 28.7 Å². The molecule has 0 unspecified atom stereocenters. The van der Waals surface area contributed by atoms with Gasteiger partial charge >= 0.3 is 0 Å². The lowest BCUT2D eigenvalue weighted by Crippen LogP contribution is -2.24. The summed E-state index contributed by atoms with van der Waals surface area (Å²) < 4.78 is 1.90. The van der Waals surface area contributed by atoms with E-state index in [1.54, 1.807) is 6.33 Å². The van der Waals surface area contributed by atoms with E-state index in [2.05, 4.69) is 31.4 Å². The molecule has 0 saturated carbocycles. The zero-order valence-corrected chi connectivity index (χ0v) is 12.2. The molecule has 2 aromatic rings. The van der Waals surface area contributed by atoms with Crippen LogP contribution in [0.25, 0.3) is 0 Å². The average Bonchev–Trinajstić information content (AvgIpc) is 2.92. The van der Waals surface area contributed by atoms with Gasteiger partial charge in [0.05, 0.1) is 6.54 Å². The summed E-state index contributed by atoms with van der Waals surface area (Å²) >= 11 is 3.37. The van der Waals surface area contributed by atoms with E-state index in [-0.39, 0.29) is 5.91 Å². The van der Waals surface area contributed by atoms with Crippen LogP contribution in [0.4, 0.5) is 0 Å². The number of carbonyl (C=O) groups is 1. The quantitative estimate of drug-likeness (QED) is 0.858. The van der Waals surface area contributed by atoms with Crippen molar-refractivity contribution in [2.24, 2.45) is 0 Å². The summed E-state index contributed by atoms with van der Waals surface area (Å²) in [7, 11) is 0. The lowest BCUT2D eigenvalue weighted by molar-refractivity contribution is 0.0949. The predicted molar refractivity (Wildman–Crippen MR) is 75.9 cm³/mol. The molecule has 0 bridgehead atoms. The van der Waals surface area contributed by atoms with Crippen LogP contribution in [0.5, 0.6) is 0 Å². The van der Waals surface area contributed by atoms with E-state index < -0.39 is 0 Å². The van der Waals surface area contributed by atoms with E-state index >= 15 is 0 Å². The maximum absolute atomic E-state index is 12.0. The molecule has 5 nitrogen and oxygen atoms in total. The van der Waals surface area contributed by atoms with E-state index in [1.807, 2.05) is 35.8 Å². The number of benzene rings is 1. The summed E-state index contributed by atoms with van der Waals surface area (Å²) in [5.41, 5.74) is 1.79. The van der Waals surface area contributed by atoms with E-state index in [0.29, 0.717) is 12.1 Å². The number of aromatic nitrogens is 3. The molecule has 1 N–H and O–H groups in total. The summed E-state index contributed by atoms with van der Waals surface area (Å²) in [6.45, 7) is 3.18. The third-order valence-electron chi connectivity index (χ3n) is 2.81. The van der Waals surface area contributed by atoms with Gasteiger partial charge in [0.15, 0.2) is 5.82 Å². The van der Waals surface area contributed by atoms with Gasteiger partial charge in [-0.05, 0) is 24.6 Å². The fourth-order valence-corrected chi connectivity index (χ4v) is 2.06. The molecule has 0 aliphatic heterocycles. The van der Waals surface area contributed by atoms with Crippen molar-refractivity contribution in [1.82, 2.24) is 20.1 Å². The minimum absolute atomic E-state index is 0.105. The van der Waals surface area contributed by atoms with Gasteiger partial charge in [-0.25, -0.2) is 0 Å². The largest absolute Gasteiger partial charge is 0.345 e. The molecular weight excluding hydrogens is 308 g/mol. The number of hydrogen-bond donors (Lipinski definition) is 1. The summed E-state index contributed by atoms with van der Waals surface area (Å²) in [5, 5.41) is 11.4. The Balaban J connectivity index is 1.97. The minimum Gasteiger partial charge on any atom is -0.345 e. The molecule has 0 radical (unpaired) electrons. The van der Waals surface area contributed by atoms with Gasteiger partial charge in [-0.1, -0.05) is 28.1 Å². The third kappa shape index (κ3) is 3.41. The van der Waals surface area contributed by atoms with Gasteiger partial charge in [0, 0.05) is 17.4 Å². The summed E-state index contributed by atoms with van der Waals surface area (Å²) in [5.74, 6) is 0.653. The fraction of sp³-hybridized carbons (Fsp3) is 0.308. The normalized spacial score (nSPS) is 10.4. The number of alkyl halides is 1. The Hall–Kier alpha value is -1.69. The van der Waals surface area contributed by atoms with Crippen LogP contribution in [0, 0.1) is 0 Å². The van der Waals surface area contributed by atoms with Gasteiger partial charge in [0.25, 0.3) is 5.91 Å². The highest BCUT2D eigenvalue weighted by Gasteiger charge is 2.07. The van der Waals surface area contributed by atoms with Crippen molar-refractivity contribution in [2.75, 3.05) is 0 Å². The first kappa shape index (κ1) is 13.7. The van der Waals surface area contributed by atoms with Crippen LogP contribution in [0.15, 0.2) is 30.6 Å². The van der Waals surface area contributed by atoms with Gasteiger partial charge in [-0.3, -0.25) is 4.79 Å². The number of halogens is 1. The number of hydrogen-bond acceptors (Lipinski definition) is 3. The molecule has 1 amide bonds. The van der Waals surface area contributed by atoms with Crippen molar-refractivity contribution in [3.05, 3.63) is 47.5 Å². The van der Waals surface area contributed by atoms with Crippen molar-refractivity contribution in [3.63, 3.8) is 0 Å². The van der Waals surface area contributed by atoms with Crippen LogP contribution >= 0.6 is 15.9 Å². The highest BCUT2D eigenvalue weighted by atomic mass is 79.9. The Morgan fingerprint density at radius 1 is 1.37 bits per heavy atom. The maximum atomic E-state index is 12.0. The number of nitrogens with one attached hydrogen (secondary N) is 1. The second-order valence-corrected chi connectivity index (χ2v) is 4.61. The van der Waals surface area contributed by atoms with Crippen LogP contribution < -0.4 is 5.32 Å². The minimum atomic E-state index is -0.105. The first-order valence-electron chi connectivity index (χ1n) is 6.04. The van der Waals surface area contributed by atoms with Crippen LogP contribution in [-0.4, -0.2) is 20.7 Å². The second kappa shape index (κ2) is 6.47. The number of nitrogens with zero attached hydrogens (tertiary/aromatic N) is 3. The van der Waals surface area contributed by atoms with Crippen LogP contribution in [-0.2, 0) is 18.4 Å². The lowest BCUT2D eigenvalue weighted by Gasteiger charge is -2.06. The molecule has 0 aliphatic rings. The van der Waals surface area contributed by atoms with E-state index in [1.165, 1.54) is 0 Å². The van der Waals surface area contributed by atoms with Gasteiger partial charge in [0.1, 0.15) is 6.33 Å².